The number of aliphatic hydroxyl groups is 2. The number of hydrogen-bond donors (Lipinski definition) is 3. The van der Waals surface area contributed by atoms with Crippen molar-refractivity contribution in [2.24, 2.45) is 0 Å². The zero-order valence-corrected chi connectivity index (χ0v) is 8.87. The van der Waals surface area contributed by atoms with Crippen LogP contribution in [0.2, 0.25) is 10.0 Å². The largest absolute Gasteiger partial charge is 0.505 e. The van der Waals surface area contributed by atoms with Crippen LogP contribution in [0.15, 0.2) is 12.1 Å². The summed E-state index contributed by atoms with van der Waals surface area (Å²) >= 11 is 11.2. The van der Waals surface area contributed by atoms with E-state index in [0.717, 1.165) is 0 Å². The van der Waals surface area contributed by atoms with Crippen molar-refractivity contribution in [2.45, 2.75) is 12.2 Å². The third kappa shape index (κ3) is 2.52. The first-order valence-electron chi connectivity index (χ1n) is 3.91. The van der Waals surface area contributed by atoms with Crippen molar-refractivity contribution in [3.63, 3.8) is 0 Å². The van der Waals surface area contributed by atoms with Crippen LogP contribution in [0, 0.1) is 11.3 Å². The number of hydrogen-bond acceptors (Lipinski definition) is 4. The minimum absolute atomic E-state index is 0.0540. The molecule has 1 rings (SSSR count). The number of halogens is 2. The van der Waals surface area contributed by atoms with E-state index in [-0.39, 0.29) is 21.4 Å². The first kappa shape index (κ1) is 12.1. The van der Waals surface area contributed by atoms with Gasteiger partial charge in [-0.05, 0) is 17.7 Å². The van der Waals surface area contributed by atoms with E-state index in [9.17, 15) is 10.2 Å². The Kier molecular flexibility index (Phi) is 3.77. The van der Waals surface area contributed by atoms with Crippen LogP contribution in [0.4, 0.5) is 0 Å². The van der Waals surface area contributed by atoms with Gasteiger partial charge in [-0.15, -0.1) is 0 Å². The summed E-state index contributed by atoms with van der Waals surface area (Å²) in [6, 6.07) is 3.93. The predicted molar refractivity (Wildman–Crippen MR) is 54.7 cm³/mol. The van der Waals surface area contributed by atoms with Crippen LogP contribution in [-0.4, -0.2) is 21.4 Å². The molecule has 0 aliphatic carbocycles. The molecule has 0 amide bonds. The maximum atomic E-state index is 9.46. The van der Waals surface area contributed by atoms with E-state index >= 15 is 0 Å². The Morgan fingerprint density at radius 3 is 2.07 bits per heavy atom. The molecule has 0 saturated heterocycles. The molecule has 0 bridgehead atoms. The number of phenols is 1. The van der Waals surface area contributed by atoms with Gasteiger partial charge in [0.2, 0.25) is 0 Å². The standard InChI is InChI=1S/C9H7Cl2NO3/c10-5-1-4(2-6(11)9(5)15)8(14)7(13)3-12/h1-2,7-8,13-15H. The van der Waals surface area contributed by atoms with E-state index in [0.29, 0.717) is 0 Å². The minimum Gasteiger partial charge on any atom is -0.505 e. The Balaban J connectivity index is 3.12. The summed E-state index contributed by atoms with van der Waals surface area (Å²) in [7, 11) is 0. The smallest absolute Gasteiger partial charge is 0.170 e. The quantitative estimate of drug-likeness (QED) is 0.694. The summed E-state index contributed by atoms with van der Waals surface area (Å²) in [6.45, 7) is 0. The highest BCUT2D eigenvalue weighted by Crippen LogP contribution is 2.35. The monoisotopic (exact) mass is 247 g/mol. The number of nitrogens with zero attached hydrogens (tertiary/aromatic N) is 1. The average molecular weight is 248 g/mol. The molecule has 1 aromatic rings. The Morgan fingerprint density at radius 1 is 1.20 bits per heavy atom. The first-order valence-corrected chi connectivity index (χ1v) is 4.66. The van der Waals surface area contributed by atoms with Gasteiger partial charge in [0.25, 0.3) is 0 Å². The molecule has 2 atom stereocenters. The Morgan fingerprint density at radius 2 is 1.67 bits per heavy atom. The number of aromatic hydroxyl groups is 1. The molecule has 0 aromatic heterocycles. The van der Waals surface area contributed by atoms with Crippen molar-refractivity contribution in [1.82, 2.24) is 0 Å². The summed E-state index contributed by atoms with van der Waals surface area (Å²) in [5, 5.41) is 36.0. The highest BCUT2D eigenvalue weighted by molar-refractivity contribution is 6.37. The number of aliphatic hydroxyl groups excluding tert-OH is 2. The maximum Gasteiger partial charge on any atom is 0.170 e. The molecule has 2 unspecified atom stereocenters. The van der Waals surface area contributed by atoms with Gasteiger partial charge in [0, 0.05) is 0 Å². The van der Waals surface area contributed by atoms with Gasteiger partial charge in [-0.25, -0.2) is 0 Å². The lowest BCUT2D eigenvalue weighted by Gasteiger charge is -2.13. The number of phenolic OH excluding ortho intramolecular Hbond substituents is 1. The fourth-order valence-electron chi connectivity index (χ4n) is 1.01. The van der Waals surface area contributed by atoms with Gasteiger partial charge in [0.15, 0.2) is 11.9 Å². The van der Waals surface area contributed by atoms with Gasteiger partial charge >= 0.3 is 0 Å². The van der Waals surface area contributed by atoms with E-state index in [1.54, 1.807) is 0 Å². The van der Waals surface area contributed by atoms with E-state index in [1.807, 2.05) is 0 Å². The van der Waals surface area contributed by atoms with E-state index < -0.39 is 12.2 Å². The molecule has 4 nitrogen and oxygen atoms in total. The molecule has 15 heavy (non-hydrogen) atoms. The van der Waals surface area contributed by atoms with Crippen LogP contribution in [0.25, 0.3) is 0 Å². The first-order chi connectivity index (χ1) is 6.97. The Labute approximate surface area is 95.9 Å². The van der Waals surface area contributed by atoms with Crippen LogP contribution in [-0.2, 0) is 0 Å². The number of nitriles is 1. The molecule has 0 aliphatic rings. The van der Waals surface area contributed by atoms with Gasteiger partial charge in [-0.2, -0.15) is 5.26 Å². The third-order valence-corrected chi connectivity index (χ3v) is 2.39. The second-order valence-corrected chi connectivity index (χ2v) is 3.67. The zero-order chi connectivity index (χ0) is 11.6. The number of rotatable bonds is 2. The summed E-state index contributed by atoms with van der Waals surface area (Å²) in [4.78, 5) is 0. The van der Waals surface area contributed by atoms with E-state index in [1.165, 1.54) is 18.2 Å². The van der Waals surface area contributed by atoms with E-state index in [2.05, 4.69) is 0 Å². The molecule has 6 heteroatoms. The highest BCUT2D eigenvalue weighted by Gasteiger charge is 2.20. The van der Waals surface area contributed by atoms with Crippen molar-refractivity contribution in [3.05, 3.63) is 27.7 Å². The number of benzene rings is 1. The lowest BCUT2D eigenvalue weighted by molar-refractivity contribution is 0.0528. The molecule has 80 valence electrons. The molecular weight excluding hydrogens is 241 g/mol. The topological polar surface area (TPSA) is 84.5 Å². The zero-order valence-electron chi connectivity index (χ0n) is 7.35. The second-order valence-electron chi connectivity index (χ2n) is 2.85. The summed E-state index contributed by atoms with van der Waals surface area (Å²) in [5.74, 6) is -0.305. The van der Waals surface area contributed by atoms with Gasteiger partial charge in [0.1, 0.15) is 6.10 Å². The molecule has 0 heterocycles. The molecular formula is C9H7Cl2NO3. The maximum absolute atomic E-state index is 9.46. The SMILES string of the molecule is N#CC(O)C(O)c1cc(Cl)c(O)c(Cl)c1. The summed E-state index contributed by atoms with van der Waals surface area (Å²) in [6.07, 6.45) is -2.98. The minimum atomic E-state index is -1.57. The lowest BCUT2D eigenvalue weighted by atomic mass is 10.1. The highest BCUT2D eigenvalue weighted by atomic mass is 35.5. The molecule has 0 saturated carbocycles. The van der Waals surface area contributed by atoms with Crippen molar-refractivity contribution < 1.29 is 15.3 Å². The molecule has 0 spiro atoms. The summed E-state index contributed by atoms with van der Waals surface area (Å²) in [5.41, 5.74) is 0.164. The molecule has 0 fully saturated rings. The normalized spacial score (nSPS) is 14.3. The summed E-state index contributed by atoms with van der Waals surface area (Å²) < 4.78 is 0. The molecule has 0 aliphatic heterocycles. The molecule has 3 N–H and O–H groups in total. The fourth-order valence-corrected chi connectivity index (χ4v) is 1.51. The van der Waals surface area contributed by atoms with Gasteiger partial charge < -0.3 is 15.3 Å². The van der Waals surface area contributed by atoms with Crippen LogP contribution in [0.3, 0.4) is 0 Å². The van der Waals surface area contributed by atoms with Crippen molar-refractivity contribution in [2.75, 3.05) is 0 Å². The van der Waals surface area contributed by atoms with Crippen LogP contribution < -0.4 is 0 Å². The van der Waals surface area contributed by atoms with Crippen LogP contribution >= 0.6 is 23.2 Å². The second kappa shape index (κ2) is 4.69. The van der Waals surface area contributed by atoms with Crippen molar-refractivity contribution in [3.8, 4) is 11.8 Å². The Bertz CT molecular complexity index is 393. The lowest BCUT2D eigenvalue weighted by Crippen LogP contribution is -2.15. The van der Waals surface area contributed by atoms with Crippen LogP contribution in [0.1, 0.15) is 11.7 Å². The van der Waals surface area contributed by atoms with Crippen LogP contribution in [0.5, 0.6) is 5.75 Å². The third-order valence-electron chi connectivity index (χ3n) is 1.81. The predicted octanol–water partition coefficient (Wildman–Crippen LogP) is 1.62. The molecule has 0 radical (unpaired) electrons. The van der Waals surface area contributed by atoms with Gasteiger partial charge in [-0.1, -0.05) is 23.2 Å². The van der Waals surface area contributed by atoms with Crippen molar-refractivity contribution in [1.29, 1.82) is 5.26 Å². The Hall–Kier alpha value is -0.990. The van der Waals surface area contributed by atoms with Gasteiger partial charge in [0.05, 0.1) is 16.1 Å². The fraction of sp³-hybridized carbons (Fsp3) is 0.222. The van der Waals surface area contributed by atoms with Gasteiger partial charge in [-0.3, -0.25) is 0 Å². The molecule has 1 aromatic carbocycles. The average Bonchev–Trinajstić information content (AvgIpc) is 2.23. The van der Waals surface area contributed by atoms with E-state index in [4.69, 9.17) is 33.6 Å². The van der Waals surface area contributed by atoms with Crippen molar-refractivity contribution >= 4 is 23.2 Å².